The van der Waals surface area contributed by atoms with Crippen molar-refractivity contribution in [3.63, 3.8) is 0 Å². The number of nitrogens with zero attached hydrogens (tertiary/aromatic N) is 2. The Hall–Kier alpha value is -4.70. The van der Waals surface area contributed by atoms with Crippen molar-refractivity contribution >= 4 is 23.8 Å². The standard InChI is InChI=1S/C32H28N4/c1-3-7-27(8-4-1)29-17-11-25(12-18-29)15-21-31(35-36-32-33-23-24-34-32)22-16-26-13-19-30(20-14-26)28-9-5-2-6-10-28/h1-22H,23-24H2,(H2,33,34,36)/b21-15+,22-16+. The van der Waals surface area contributed by atoms with E-state index in [1.165, 1.54) is 22.3 Å². The average Bonchev–Trinajstić information content (AvgIpc) is 3.48. The number of aliphatic imine (C=N–C) groups is 1. The quantitative estimate of drug-likeness (QED) is 0.236. The molecule has 0 aliphatic carbocycles. The molecule has 4 aromatic carbocycles. The van der Waals surface area contributed by atoms with Gasteiger partial charge in [0.05, 0.1) is 12.3 Å². The number of hydrogen-bond donors (Lipinski definition) is 2. The number of nitrogens with one attached hydrogen (secondary N) is 2. The summed E-state index contributed by atoms with van der Waals surface area (Å²) in [6, 6.07) is 37.9. The van der Waals surface area contributed by atoms with Gasteiger partial charge in [-0.2, -0.15) is 5.10 Å². The molecule has 0 spiro atoms. The van der Waals surface area contributed by atoms with Gasteiger partial charge in [0.2, 0.25) is 5.96 Å². The van der Waals surface area contributed by atoms with Crippen LogP contribution in [-0.4, -0.2) is 24.8 Å². The summed E-state index contributed by atoms with van der Waals surface area (Å²) in [7, 11) is 0. The predicted molar refractivity (Wildman–Crippen MR) is 153 cm³/mol. The van der Waals surface area contributed by atoms with E-state index in [1.807, 2.05) is 24.3 Å². The van der Waals surface area contributed by atoms with Crippen LogP contribution in [-0.2, 0) is 0 Å². The first-order chi connectivity index (χ1) is 17.8. The van der Waals surface area contributed by atoms with Gasteiger partial charge in [-0.1, -0.05) is 121 Å². The summed E-state index contributed by atoms with van der Waals surface area (Å²) in [6.45, 7) is 1.60. The van der Waals surface area contributed by atoms with Crippen LogP contribution >= 0.6 is 0 Å². The Morgan fingerprint density at radius 3 is 1.56 bits per heavy atom. The van der Waals surface area contributed by atoms with Crippen LogP contribution in [0.2, 0.25) is 0 Å². The van der Waals surface area contributed by atoms with Gasteiger partial charge in [0.25, 0.3) is 0 Å². The van der Waals surface area contributed by atoms with Crippen LogP contribution in [0.15, 0.2) is 131 Å². The molecule has 0 atom stereocenters. The molecule has 4 aromatic rings. The zero-order valence-corrected chi connectivity index (χ0v) is 20.0. The highest BCUT2D eigenvalue weighted by molar-refractivity contribution is 6.09. The molecule has 0 aromatic heterocycles. The van der Waals surface area contributed by atoms with Gasteiger partial charge in [-0.05, 0) is 45.5 Å². The zero-order valence-electron chi connectivity index (χ0n) is 20.0. The third-order valence-corrected chi connectivity index (χ3v) is 5.89. The largest absolute Gasteiger partial charge is 0.353 e. The molecule has 36 heavy (non-hydrogen) atoms. The summed E-state index contributed by atoms with van der Waals surface area (Å²) in [5.41, 5.74) is 10.9. The highest BCUT2D eigenvalue weighted by Crippen LogP contribution is 2.21. The van der Waals surface area contributed by atoms with Crippen molar-refractivity contribution in [1.29, 1.82) is 0 Å². The molecule has 0 saturated carbocycles. The fourth-order valence-electron chi connectivity index (χ4n) is 3.92. The lowest BCUT2D eigenvalue weighted by Gasteiger charge is -2.03. The predicted octanol–water partition coefficient (Wildman–Crippen LogP) is 6.65. The maximum Gasteiger partial charge on any atom is 0.212 e. The number of benzene rings is 4. The molecule has 176 valence electrons. The topological polar surface area (TPSA) is 48.8 Å². The first kappa shape index (κ1) is 23.1. The van der Waals surface area contributed by atoms with Gasteiger partial charge in [-0.3, -0.25) is 0 Å². The van der Waals surface area contributed by atoms with Crippen LogP contribution < -0.4 is 10.7 Å². The molecule has 0 unspecified atom stereocenters. The Balaban J connectivity index is 1.32. The summed E-state index contributed by atoms with van der Waals surface area (Å²) in [5.74, 6) is 0.703. The van der Waals surface area contributed by atoms with E-state index < -0.39 is 0 Å². The summed E-state index contributed by atoms with van der Waals surface area (Å²) in [5, 5.41) is 7.75. The van der Waals surface area contributed by atoms with E-state index in [-0.39, 0.29) is 0 Å². The van der Waals surface area contributed by atoms with Crippen molar-refractivity contribution in [2.45, 2.75) is 0 Å². The highest BCUT2D eigenvalue weighted by atomic mass is 15.4. The zero-order chi connectivity index (χ0) is 24.4. The van der Waals surface area contributed by atoms with E-state index in [1.54, 1.807) is 0 Å². The molecule has 1 aliphatic heterocycles. The summed E-state index contributed by atoms with van der Waals surface area (Å²) in [6.07, 6.45) is 8.16. The summed E-state index contributed by atoms with van der Waals surface area (Å²) >= 11 is 0. The van der Waals surface area contributed by atoms with Gasteiger partial charge in [0.1, 0.15) is 0 Å². The molecule has 0 fully saturated rings. The Labute approximate surface area is 212 Å². The highest BCUT2D eigenvalue weighted by Gasteiger charge is 2.03. The minimum absolute atomic E-state index is 0.703. The van der Waals surface area contributed by atoms with Crippen molar-refractivity contribution < 1.29 is 0 Å². The molecule has 4 heteroatoms. The minimum atomic E-state index is 0.703. The number of guanidine groups is 1. The van der Waals surface area contributed by atoms with Crippen LogP contribution in [0, 0.1) is 0 Å². The first-order valence-electron chi connectivity index (χ1n) is 12.1. The lowest BCUT2D eigenvalue weighted by molar-refractivity contribution is 0.918. The van der Waals surface area contributed by atoms with Crippen molar-refractivity contribution in [1.82, 2.24) is 10.7 Å². The van der Waals surface area contributed by atoms with Crippen LogP contribution in [0.25, 0.3) is 34.4 Å². The third kappa shape index (κ3) is 6.24. The van der Waals surface area contributed by atoms with Crippen LogP contribution in [0.3, 0.4) is 0 Å². The Morgan fingerprint density at radius 2 is 1.11 bits per heavy atom. The van der Waals surface area contributed by atoms with E-state index >= 15 is 0 Å². The number of hydrogen-bond acceptors (Lipinski definition) is 4. The molecule has 0 radical (unpaired) electrons. The summed E-state index contributed by atoms with van der Waals surface area (Å²) < 4.78 is 0. The van der Waals surface area contributed by atoms with Crippen molar-refractivity contribution in [3.8, 4) is 22.3 Å². The molecule has 1 heterocycles. The number of hydrazone groups is 1. The molecule has 4 nitrogen and oxygen atoms in total. The van der Waals surface area contributed by atoms with E-state index in [2.05, 4.69) is 130 Å². The van der Waals surface area contributed by atoms with E-state index in [4.69, 9.17) is 0 Å². The average molecular weight is 469 g/mol. The van der Waals surface area contributed by atoms with Gasteiger partial charge >= 0.3 is 0 Å². The van der Waals surface area contributed by atoms with Gasteiger partial charge in [0.15, 0.2) is 0 Å². The maximum atomic E-state index is 4.57. The van der Waals surface area contributed by atoms with Crippen LogP contribution in [0.5, 0.6) is 0 Å². The first-order valence-corrected chi connectivity index (χ1v) is 12.1. The third-order valence-electron chi connectivity index (χ3n) is 5.89. The smallest absolute Gasteiger partial charge is 0.212 e. The number of allylic oxidation sites excluding steroid dienone is 2. The number of rotatable bonds is 7. The maximum absolute atomic E-state index is 4.57. The SMILES string of the molecule is C(=C\c1ccc(-c2ccccc2)cc1)/C(/C=C/c1ccc(-c2ccccc2)cc1)=NNC1=NCCN1. The second kappa shape index (κ2) is 11.6. The Bertz CT molecular complexity index is 1290. The van der Waals surface area contributed by atoms with Gasteiger partial charge < -0.3 is 5.32 Å². The minimum Gasteiger partial charge on any atom is -0.353 e. The van der Waals surface area contributed by atoms with Crippen LogP contribution in [0.1, 0.15) is 11.1 Å². The van der Waals surface area contributed by atoms with Gasteiger partial charge in [-0.15, -0.1) is 0 Å². The molecule has 0 saturated heterocycles. The van der Waals surface area contributed by atoms with Gasteiger partial charge in [0, 0.05) is 6.54 Å². The fraction of sp³-hybridized carbons (Fsp3) is 0.0625. The normalized spacial score (nSPS) is 12.9. The van der Waals surface area contributed by atoms with Crippen molar-refractivity contribution in [2.24, 2.45) is 10.1 Å². The monoisotopic (exact) mass is 468 g/mol. The Morgan fingerprint density at radius 1 is 0.639 bits per heavy atom. The van der Waals surface area contributed by atoms with E-state index in [0.29, 0.717) is 5.96 Å². The van der Waals surface area contributed by atoms with Gasteiger partial charge in [-0.25, -0.2) is 10.4 Å². The van der Waals surface area contributed by atoms with E-state index in [0.717, 1.165) is 29.9 Å². The van der Waals surface area contributed by atoms with Crippen molar-refractivity contribution in [2.75, 3.05) is 13.1 Å². The summed E-state index contributed by atoms with van der Waals surface area (Å²) in [4.78, 5) is 4.36. The second-order valence-corrected chi connectivity index (χ2v) is 8.45. The van der Waals surface area contributed by atoms with Crippen molar-refractivity contribution in [3.05, 3.63) is 132 Å². The second-order valence-electron chi connectivity index (χ2n) is 8.45. The molecule has 0 bridgehead atoms. The molecule has 2 N–H and O–H groups in total. The molecule has 1 aliphatic rings. The molecule has 5 rings (SSSR count). The molecule has 0 amide bonds. The fourth-order valence-corrected chi connectivity index (χ4v) is 3.92. The van der Waals surface area contributed by atoms with Crippen LogP contribution in [0.4, 0.5) is 0 Å². The molecular weight excluding hydrogens is 440 g/mol. The molecular formula is C32H28N4. The lowest BCUT2D eigenvalue weighted by Crippen LogP contribution is -2.30. The lowest BCUT2D eigenvalue weighted by atomic mass is 10.0. The Kier molecular flexibility index (Phi) is 7.45. The van der Waals surface area contributed by atoms with E-state index in [9.17, 15) is 0 Å².